The number of furan rings is 1. The van der Waals surface area contributed by atoms with Gasteiger partial charge in [-0.2, -0.15) is 9.78 Å². The first-order valence-electron chi connectivity index (χ1n) is 12.1. The van der Waals surface area contributed by atoms with Crippen LogP contribution >= 0.6 is 11.6 Å². The number of fused-ring (bicyclic) bond motifs is 2. The number of esters is 1. The van der Waals surface area contributed by atoms with Gasteiger partial charge in [-0.05, 0) is 55.0 Å². The quantitative estimate of drug-likeness (QED) is 0.185. The first-order valence-corrected chi connectivity index (χ1v) is 12.5. The van der Waals surface area contributed by atoms with E-state index in [1.54, 1.807) is 55.6 Å². The largest absolute Gasteiger partial charge is 0.496 e. The molecule has 0 saturated carbocycles. The minimum absolute atomic E-state index is 0.167. The van der Waals surface area contributed by atoms with Gasteiger partial charge in [0.25, 0.3) is 5.56 Å². The summed E-state index contributed by atoms with van der Waals surface area (Å²) < 4.78 is 28.5. The predicted molar refractivity (Wildman–Crippen MR) is 151 cm³/mol. The zero-order valence-corrected chi connectivity index (χ0v) is 22.8. The summed E-state index contributed by atoms with van der Waals surface area (Å²) in [6, 6.07) is 17.3. The number of hydrogen-bond acceptors (Lipinski definition) is 9. The van der Waals surface area contributed by atoms with Gasteiger partial charge in [-0.15, -0.1) is 0 Å². The number of halogens is 1. The molecule has 5 rings (SSSR count). The van der Waals surface area contributed by atoms with Crippen molar-refractivity contribution in [3.05, 3.63) is 81.6 Å². The van der Waals surface area contributed by atoms with Gasteiger partial charge in [0.2, 0.25) is 5.82 Å². The summed E-state index contributed by atoms with van der Waals surface area (Å²) in [5, 5.41) is 5.74. The molecule has 1 atom stereocenters. The molecule has 0 fully saturated rings. The topological polar surface area (TPSA) is 114 Å². The molecule has 10 nitrogen and oxygen atoms in total. The lowest BCUT2D eigenvalue weighted by Crippen LogP contribution is -2.25. The van der Waals surface area contributed by atoms with Crippen molar-refractivity contribution < 1.29 is 28.2 Å². The highest BCUT2D eigenvalue weighted by Gasteiger charge is 2.21. The Kier molecular flexibility index (Phi) is 7.43. The number of carbonyl (C=O) groups is 1. The van der Waals surface area contributed by atoms with Crippen LogP contribution in [0.15, 0.2) is 75.0 Å². The van der Waals surface area contributed by atoms with E-state index in [1.807, 2.05) is 12.1 Å². The van der Waals surface area contributed by atoms with Crippen LogP contribution in [0.2, 0.25) is 5.02 Å². The van der Waals surface area contributed by atoms with E-state index in [2.05, 4.69) is 5.10 Å². The number of rotatable bonds is 8. The van der Waals surface area contributed by atoms with Gasteiger partial charge in [0.15, 0.2) is 23.4 Å². The number of nitrogens with zero attached hydrogens (tertiary/aromatic N) is 3. The van der Waals surface area contributed by atoms with E-state index in [1.165, 1.54) is 27.4 Å². The minimum Gasteiger partial charge on any atom is -0.496 e. The van der Waals surface area contributed by atoms with E-state index < -0.39 is 17.6 Å². The fourth-order valence-corrected chi connectivity index (χ4v) is 4.42. The molecule has 0 aliphatic rings. The van der Waals surface area contributed by atoms with Crippen molar-refractivity contribution in [3.8, 4) is 28.8 Å². The third-order valence-corrected chi connectivity index (χ3v) is 6.40. The summed E-state index contributed by atoms with van der Waals surface area (Å²) in [6.45, 7) is 1.53. The van der Waals surface area contributed by atoms with Crippen LogP contribution in [-0.2, 0) is 9.53 Å². The van der Waals surface area contributed by atoms with E-state index in [9.17, 15) is 9.59 Å². The second-order valence-corrected chi connectivity index (χ2v) is 9.02. The number of benzene rings is 3. The molecule has 0 aliphatic heterocycles. The van der Waals surface area contributed by atoms with Crippen LogP contribution < -0.4 is 19.8 Å². The lowest BCUT2D eigenvalue weighted by atomic mass is 10.2. The van der Waals surface area contributed by atoms with Gasteiger partial charge in [-0.25, -0.2) is 9.78 Å². The number of aromatic nitrogens is 2. The third kappa shape index (κ3) is 4.96. The summed E-state index contributed by atoms with van der Waals surface area (Å²) in [5.41, 5.74) is 1.17. The lowest BCUT2D eigenvalue weighted by Gasteiger charge is -2.16. The Labute approximate surface area is 233 Å². The van der Waals surface area contributed by atoms with Crippen LogP contribution in [0.1, 0.15) is 12.5 Å². The van der Waals surface area contributed by atoms with Gasteiger partial charge < -0.3 is 23.4 Å². The SMILES string of the molecule is COC(=O)[C@H](C)Oc1c(Cl)cc(C=Nn2c(-c3cc4c(OC)cccc4o3)nc3ccccc3c2=O)cc1OC. The normalized spacial score (nSPS) is 12.1. The van der Waals surface area contributed by atoms with Crippen LogP contribution in [0.4, 0.5) is 0 Å². The maximum absolute atomic E-state index is 13.6. The summed E-state index contributed by atoms with van der Waals surface area (Å²) in [4.78, 5) is 30.1. The molecule has 0 unspecified atom stereocenters. The minimum atomic E-state index is -0.914. The second kappa shape index (κ2) is 11.1. The molecule has 5 aromatic rings. The molecule has 40 heavy (non-hydrogen) atoms. The van der Waals surface area contributed by atoms with Gasteiger partial charge in [0, 0.05) is 0 Å². The summed E-state index contributed by atoms with van der Waals surface area (Å²) in [6.07, 6.45) is 0.523. The Bertz CT molecular complexity index is 1830. The van der Waals surface area contributed by atoms with Gasteiger partial charge >= 0.3 is 5.97 Å². The summed E-state index contributed by atoms with van der Waals surface area (Å²) >= 11 is 6.47. The van der Waals surface area contributed by atoms with E-state index in [-0.39, 0.29) is 22.3 Å². The molecule has 3 aromatic carbocycles. The van der Waals surface area contributed by atoms with Crippen molar-refractivity contribution >= 4 is 45.7 Å². The van der Waals surface area contributed by atoms with Crippen molar-refractivity contribution in [1.29, 1.82) is 0 Å². The van der Waals surface area contributed by atoms with Crippen LogP contribution in [0, 0.1) is 0 Å². The maximum atomic E-state index is 13.6. The Morgan fingerprint density at radius 2 is 1.80 bits per heavy atom. The fraction of sp³-hybridized carbons (Fsp3) is 0.172. The highest BCUT2D eigenvalue weighted by molar-refractivity contribution is 6.32. The first kappa shape index (κ1) is 26.8. The smallest absolute Gasteiger partial charge is 0.346 e. The van der Waals surface area contributed by atoms with Crippen molar-refractivity contribution in [2.24, 2.45) is 5.10 Å². The zero-order valence-electron chi connectivity index (χ0n) is 22.0. The molecule has 0 bridgehead atoms. The molecule has 2 heterocycles. The average Bonchev–Trinajstić information content (AvgIpc) is 3.41. The van der Waals surface area contributed by atoms with E-state index in [0.717, 1.165) is 10.1 Å². The highest BCUT2D eigenvalue weighted by Crippen LogP contribution is 2.37. The third-order valence-electron chi connectivity index (χ3n) is 6.12. The number of methoxy groups -OCH3 is 3. The monoisotopic (exact) mass is 561 g/mol. The number of carbonyl (C=O) groups excluding carboxylic acids is 1. The fourth-order valence-electron chi connectivity index (χ4n) is 4.16. The van der Waals surface area contributed by atoms with Crippen LogP contribution in [0.25, 0.3) is 33.5 Å². The lowest BCUT2D eigenvalue weighted by molar-refractivity contribution is -0.147. The van der Waals surface area contributed by atoms with Gasteiger partial charge in [0.1, 0.15) is 11.3 Å². The predicted octanol–water partition coefficient (Wildman–Crippen LogP) is 5.30. The molecule has 0 N–H and O–H groups in total. The molecular weight excluding hydrogens is 538 g/mol. The molecular formula is C29H24ClN3O7. The average molecular weight is 562 g/mol. The Morgan fingerprint density at radius 1 is 1.02 bits per heavy atom. The van der Waals surface area contributed by atoms with Crippen LogP contribution in [0.3, 0.4) is 0 Å². The maximum Gasteiger partial charge on any atom is 0.346 e. The standard InChI is InChI=1S/C29H24ClN3O7/c1-16(29(35)38-4)39-26-20(30)12-17(13-24(26)37-3)15-31-33-27(32-21-9-6-5-8-18(21)28(33)34)25-14-19-22(36-2)10-7-11-23(19)40-25/h5-16H,1-4H3/t16-/m0/s1. The highest BCUT2D eigenvalue weighted by atomic mass is 35.5. The molecule has 0 saturated heterocycles. The van der Waals surface area contributed by atoms with Crippen molar-refractivity contribution in [2.75, 3.05) is 21.3 Å². The zero-order chi connectivity index (χ0) is 28.4. The molecule has 0 amide bonds. The number of para-hydroxylation sites is 1. The Balaban J connectivity index is 1.62. The number of hydrogen-bond donors (Lipinski definition) is 0. The van der Waals surface area contributed by atoms with E-state index >= 15 is 0 Å². The van der Waals surface area contributed by atoms with Gasteiger partial charge in [0.05, 0.1) is 48.9 Å². The Morgan fingerprint density at radius 3 is 2.55 bits per heavy atom. The molecule has 204 valence electrons. The van der Waals surface area contributed by atoms with Gasteiger partial charge in [-0.3, -0.25) is 4.79 Å². The first-order chi connectivity index (χ1) is 19.3. The number of ether oxygens (including phenoxy) is 4. The van der Waals surface area contributed by atoms with Crippen molar-refractivity contribution in [3.63, 3.8) is 0 Å². The van der Waals surface area contributed by atoms with Crippen molar-refractivity contribution in [1.82, 2.24) is 9.66 Å². The van der Waals surface area contributed by atoms with Crippen LogP contribution in [0.5, 0.6) is 17.2 Å². The summed E-state index contributed by atoms with van der Waals surface area (Å²) in [7, 11) is 4.27. The molecule has 0 aliphatic carbocycles. The molecule has 2 aromatic heterocycles. The molecule has 11 heteroatoms. The van der Waals surface area contributed by atoms with Crippen LogP contribution in [-0.4, -0.2) is 49.3 Å². The summed E-state index contributed by atoms with van der Waals surface area (Å²) in [5.74, 6) is 1.01. The van der Waals surface area contributed by atoms with E-state index in [4.69, 9.17) is 39.9 Å². The Hall–Kier alpha value is -4.83. The molecule has 0 spiro atoms. The van der Waals surface area contributed by atoms with E-state index in [0.29, 0.717) is 33.6 Å². The van der Waals surface area contributed by atoms with Gasteiger partial charge in [-0.1, -0.05) is 29.8 Å². The second-order valence-electron chi connectivity index (χ2n) is 8.61. The van der Waals surface area contributed by atoms with Crippen molar-refractivity contribution in [2.45, 2.75) is 13.0 Å². The molecule has 0 radical (unpaired) electrons.